The summed E-state index contributed by atoms with van der Waals surface area (Å²) >= 11 is 3.26. The zero-order valence-corrected chi connectivity index (χ0v) is 12.9. The number of carboxylic acids is 1. The van der Waals surface area contributed by atoms with Crippen LogP contribution in [0.1, 0.15) is 28.0 Å². The van der Waals surface area contributed by atoms with Crippen LogP contribution in [0.4, 0.5) is 4.39 Å². The minimum Gasteiger partial charge on any atom is -0.478 e. The van der Waals surface area contributed by atoms with E-state index in [0.717, 1.165) is 12.1 Å². The monoisotopic (exact) mass is 353 g/mol. The number of carbonyl (C=O) groups is 1. The molecule has 3 rings (SSSR count). The summed E-state index contributed by atoms with van der Waals surface area (Å²) in [4.78, 5) is 16.2. The molecule has 1 atom stereocenters. The molecule has 6 heteroatoms. The molecule has 1 aromatic heterocycles. The highest BCUT2D eigenvalue weighted by Crippen LogP contribution is 2.33. The summed E-state index contributed by atoms with van der Waals surface area (Å²) in [5.74, 6) is -1.55. The number of fused-ring (bicyclic) bond motifs is 2. The third kappa shape index (κ3) is 2.42. The zero-order valence-electron chi connectivity index (χ0n) is 11.3. The number of pyridine rings is 1. The zero-order chi connectivity index (χ0) is 15.1. The first kappa shape index (κ1) is 14.4. The summed E-state index contributed by atoms with van der Waals surface area (Å²) < 4.78 is 19.4. The van der Waals surface area contributed by atoms with Crippen LogP contribution in [-0.2, 0) is 17.6 Å². The topological polar surface area (TPSA) is 59.4 Å². The molecule has 0 bridgehead atoms. The lowest BCUT2D eigenvalue weighted by atomic mass is 9.88. The molecule has 2 aromatic rings. The molecule has 1 N–H and O–H groups in total. The second kappa shape index (κ2) is 5.35. The fraction of sp³-hybridized carbons (Fsp3) is 0.333. The number of halogens is 2. The second-order valence-electron chi connectivity index (χ2n) is 5.10. The van der Waals surface area contributed by atoms with Crippen molar-refractivity contribution < 1.29 is 19.0 Å². The first-order chi connectivity index (χ1) is 10.0. The van der Waals surface area contributed by atoms with Gasteiger partial charge in [-0.05, 0) is 46.5 Å². The predicted octanol–water partition coefficient (Wildman–Crippen LogP) is 3.34. The summed E-state index contributed by atoms with van der Waals surface area (Å²) in [6.07, 6.45) is 1.94. The van der Waals surface area contributed by atoms with Crippen LogP contribution in [0.15, 0.2) is 16.6 Å². The molecule has 0 radical (unpaired) electrons. The minimum absolute atomic E-state index is 0.0214. The third-order valence-electron chi connectivity index (χ3n) is 3.88. The smallest absolute Gasteiger partial charge is 0.336 e. The maximum absolute atomic E-state index is 13.6. The van der Waals surface area contributed by atoms with E-state index in [0.29, 0.717) is 33.8 Å². The van der Waals surface area contributed by atoms with E-state index in [1.807, 2.05) is 0 Å². The van der Waals surface area contributed by atoms with Gasteiger partial charge in [0.2, 0.25) is 0 Å². The first-order valence-electron chi connectivity index (χ1n) is 6.58. The Kier molecular flexibility index (Phi) is 3.67. The van der Waals surface area contributed by atoms with Crippen molar-refractivity contribution >= 4 is 32.8 Å². The van der Waals surface area contributed by atoms with Gasteiger partial charge in [0, 0.05) is 29.1 Å². The van der Waals surface area contributed by atoms with Gasteiger partial charge in [-0.15, -0.1) is 0 Å². The van der Waals surface area contributed by atoms with Gasteiger partial charge in [0.05, 0.1) is 17.2 Å². The average molecular weight is 354 g/mol. The van der Waals surface area contributed by atoms with Gasteiger partial charge in [-0.3, -0.25) is 4.98 Å². The summed E-state index contributed by atoms with van der Waals surface area (Å²) in [6.45, 7) is 0. The van der Waals surface area contributed by atoms with Gasteiger partial charge in [0.1, 0.15) is 5.82 Å². The number of aromatic carboxylic acids is 1. The minimum atomic E-state index is -1.06. The van der Waals surface area contributed by atoms with Crippen LogP contribution >= 0.6 is 15.9 Å². The van der Waals surface area contributed by atoms with Crippen LogP contribution in [0.3, 0.4) is 0 Å². The molecule has 0 aliphatic heterocycles. The number of carboxylic acid groups (broad SMARTS) is 1. The van der Waals surface area contributed by atoms with Gasteiger partial charge in [-0.2, -0.15) is 0 Å². The maximum atomic E-state index is 13.6. The van der Waals surface area contributed by atoms with E-state index in [4.69, 9.17) is 4.74 Å². The largest absolute Gasteiger partial charge is 0.478 e. The molecule has 110 valence electrons. The summed E-state index contributed by atoms with van der Waals surface area (Å²) in [5, 5.41) is 9.90. The van der Waals surface area contributed by atoms with Gasteiger partial charge in [-0.25, -0.2) is 9.18 Å². The Labute approximate surface area is 129 Å². The molecular weight excluding hydrogens is 341 g/mol. The molecule has 0 fully saturated rings. The van der Waals surface area contributed by atoms with Gasteiger partial charge in [0.25, 0.3) is 0 Å². The Hall–Kier alpha value is -1.53. The van der Waals surface area contributed by atoms with E-state index in [9.17, 15) is 14.3 Å². The molecule has 1 unspecified atom stereocenters. The number of hydrogen-bond donors (Lipinski definition) is 1. The van der Waals surface area contributed by atoms with Crippen molar-refractivity contribution in [1.29, 1.82) is 0 Å². The SMILES string of the molecule is COC1CCc2nc3c(Br)cc(F)cc3c(C(=O)O)c2C1. The van der Waals surface area contributed by atoms with E-state index in [2.05, 4.69) is 20.9 Å². The molecule has 21 heavy (non-hydrogen) atoms. The molecule has 1 aliphatic rings. The van der Waals surface area contributed by atoms with E-state index < -0.39 is 11.8 Å². The standard InChI is InChI=1S/C15H13BrFNO3/c1-21-8-2-3-12-9(6-8)13(15(19)20)10-4-7(17)5-11(16)14(10)18-12/h4-5,8H,2-3,6H2,1H3,(H,19,20). The number of hydrogen-bond acceptors (Lipinski definition) is 3. The average Bonchev–Trinajstić information content (AvgIpc) is 2.44. The number of nitrogens with zero attached hydrogens (tertiary/aromatic N) is 1. The van der Waals surface area contributed by atoms with Crippen molar-refractivity contribution in [2.75, 3.05) is 7.11 Å². The van der Waals surface area contributed by atoms with Crippen molar-refractivity contribution in [3.8, 4) is 0 Å². The number of aryl methyl sites for hydroxylation is 1. The first-order valence-corrected chi connectivity index (χ1v) is 7.37. The normalized spacial score (nSPS) is 17.8. The third-order valence-corrected chi connectivity index (χ3v) is 4.48. The number of benzene rings is 1. The Morgan fingerprint density at radius 3 is 2.95 bits per heavy atom. The molecule has 0 spiro atoms. The van der Waals surface area contributed by atoms with Crippen LogP contribution in [0, 0.1) is 5.82 Å². The predicted molar refractivity (Wildman–Crippen MR) is 79.2 cm³/mol. The number of ether oxygens (including phenoxy) is 1. The molecular formula is C15H13BrFNO3. The van der Waals surface area contributed by atoms with E-state index in [1.54, 1.807) is 7.11 Å². The molecule has 4 nitrogen and oxygen atoms in total. The molecule has 1 aliphatic carbocycles. The van der Waals surface area contributed by atoms with Crippen molar-refractivity contribution in [3.05, 3.63) is 39.2 Å². The molecule has 0 saturated carbocycles. The molecule has 1 aromatic carbocycles. The Bertz CT molecular complexity index is 748. The Balaban J connectivity index is 2.35. The lowest BCUT2D eigenvalue weighted by Crippen LogP contribution is -2.24. The van der Waals surface area contributed by atoms with Crippen LogP contribution < -0.4 is 0 Å². The summed E-state index contributed by atoms with van der Waals surface area (Å²) in [5.41, 5.74) is 2.05. The number of rotatable bonds is 2. The van der Waals surface area contributed by atoms with E-state index >= 15 is 0 Å². The number of methoxy groups -OCH3 is 1. The van der Waals surface area contributed by atoms with Gasteiger partial charge >= 0.3 is 5.97 Å². The van der Waals surface area contributed by atoms with Crippen molar-refractivity contribution in [1.82, 2.24) is 4.98 Å². The van der Waals surface area contributed by atoms with E-state index in [1.165, 1.54) is 12.1 Å². The van der Waals surface area contributed by atoms with Crippen molar-refractivity contribution in [2.24, 2.45) is 0 Å². The van der Waals surface area contributed by atoms with Gasteiger partial charge in [0.15, 0.2) is 0 Å². The van der Waals surface area contributed by atoms with Crippen molar-refractivity contribution in [2.45, 2.75) is 25.4 Å². The highest BCUT2D eigenvalue weighted by molar-refractivity contribution is 9.10. The van der Waals surface area contributed by atoms with Crippen molar-refractivity contribution in [3.63, 3.8) is 0 Å². The van der Waals surface area contributed by atoms with Crippen LogP contribution in [0.25, 0.3) is 10.9 Å². The van der Waals surface area contributed by atoms with Crippen LogP contribution in [-0.4, -0.2) is 29.3 Å². The maximum Gasteiger partial charge on any atom is 0.336 e. The lowest BCUT2D eigenvalue weighted by molar-refractivity contribution is 0.0690. The highest BCUT2D eigenvalue weighted by Gasteiger charge is 2.27. The van der Waals surface area contributed by atoms with Crippen LogP contribution in [0.2, 0.25) is 0 Å². The van der Waals surface area contributed by atoms with E-state index in [-0.39, 0.29) is 11.7 Å². The van der Waals surface area contributed by atoms with Crippen LogP contribution in [0.5, 0.6) is 0 Å². The second-order valence-corrected chi connectivity index (χ2v) is 5.96. The quantitative estimate of drug-likeness (QED) is 0.899. The van der Waals surface area contributed by atoms with Gasteiger partial charge in [-0.1, -0.05) is 0 Å². The molecule has 0 saturated heterocycles. The summed E-state index contributed by atoms with van der Waals surface area (Å²) in [6, 6.07) is 2.53. The fourth-order valence-electron chi connectivity index (χ4n) is 2.88. The Morgan fingerprint density at radius 2 is 2.29 bits per heavy atom. The lowest BCUT2D eigenvalue weighted by Gasteiger charge is -2.25. The van der Waals surface area contributed by atoms with Gasteiger partial charge < -0.3 is 9.84 Å². The summed E-state index contributed by atoms with van der Waals surface area (Å²) in [7, 11) is 1.61. The highest BCUT2D eigenvalue weighted by atomic mass is 79.9. The molecule has 0 amide bonds. The molecule has 1 heterocycles. The Morgan fingerprint density at radius 1 is 1.52 bits per heavy atom. The fourth-order valence-corrected chi connectivity index (χ4v) is 3.40. The number of aromatic nitrogens is 1.